The number of anilines is 1. The molecule has 1 aliphatic heterocycles. The molecule has 1 aliphatic rings. The van der Waals surface area contributed by atoms with E-state index in [2.05, 4.69) is 26.9 Å². The fourth-order valence-electron chi connectivity index (χ4n) is 2.42. The first-order valence-electron chi connectivity index (χ1n) is 6.65. The average molecular weight is 336 g/mol. The van der Waals surface area contributed by atoms with Gasteiger partial charge in [-0.3, -0.25) is 0 Å². The molecule has 0 N–H and O–H groups in total. The number of hydrogen-bond acceptors (Lipinski definition) is 2. The molecular weight excluding hydrogens is 321 g/mol. The van der Waals surface area contributed by atoms with Crippen molar-refractivity contribution in [2.45, 2.75) is 13.0 Å². The first-order valence-corrected chi connectivity index (χ1v) is 7.44. The number of fused-ring (bicyclic) bond motifs is 1. The molecule has 0 spiro atoms. The molecule has 0 bridgehead atoms. The predicted octanol–water partition coefficient (Wildman–Crippen LogP) is 4.38. The van der Waals surface area contributed by atoms with Gasteiger partial charge >= 0.3 is 0 Å². The number of hydrogen-bond donors (Lipinski definition) is 0. The standard InChI is InChI=1S/C16H15BrFNO/c17-13-10-12(6-7-14(13)18)11-19-8-3-9-20-16-5-2-1-4-15(16)19/h1-2,4-7,10H,3,8-9,11H2. The molecule has 0 aliphatic carbocycles. The highest BCUT2D eigenvalue weighted by atomic mass is 79.9. The van der Waals surface area contributed by atoms with Gasteiger partial charge in [0.15, 0.2) is 0 Å². The van der Waals surface area contributed by atoms with Crippen molar-refractivity contribution in [2.24, 2.45) is 0 Å². The molecular formula is C16H15BrFNO. The summed E-state index contributed by atoms with van der Waals surface area (Å²) in [6.07, 6.45) is 0.983. The summed E-state index contributed by atoms with van der Waals surface area (Å²) in [6.45, 7) is 2.42. The molecule has 2 aromatic carbocycles. The minimum atomic E-state index is -0.228. The maximum absolute atomic E-state index is 13.3. The number of rotatable bonds is 2. The van der Waals surface area contributed by atoms with Gasteiger partial charge in [0, 0.05) is 13.1 Å². The average Bonchev–Trinajstić information content (AvgIpc) is 2.66. The summed E-state index contributed by atoms with van der Waals surface area (Å²) in [4.78, 5) is 2.28. The number of halogens is 2. The van der Waals surface area contributed by atoms with E-state index >= 15 is 0 Å². The van der Waals surface area contributed by atoms with E-state index in [9.17, 15) is 4.39 Å². The monoisotopic (exact) mass is 335 g/mol. The number of nitrogens with zero attached hydrogens (tertiary/aromatic N) is 1. The van der Waals surface area contributed by atoms with Crippen molar-refractivity contribution in [1.29, 1.82) is 0 Å². The molecule has 20 heavy (non-hydrogen) atoms. The zero-order valence-electron chi connectivity index (χ0n) is 11.0. The van der Waals surface area contributed by atoms with E-state index < -0.39 is 0 Å². The molecule has 0 atom stereocenters. The maximum atomic E-state index is 13.3. The molecule has 104 valence electrons. The van der Waals surface area contributed by atoms with Crippen LogP contribution < -0.4 is 9.64 Å². The van der Waals surface area contributed by atoms with Crippen molar-refractivity contribution in [2.75, 3.05) is 18.1 Å². The molecule has 0 amide bonds. The molecule has 0 aromatic heterocycles. The van der Waals surface area contributed by atoms with Gasteiger partial charge in [-0.25, -0.2) is 4.39 Å². The maximum Gasteiger partial charge on any atom is 0.142 e. The van der Waals surface area contributed by atoms with Crippen LogP contribution in [0.15, 0.2) is 46.9 Å². The molecule has 2 aromatic rings. The second kappa shape index (κ2) is 5.83. The molecule has 0 radical (unpaired) electrons. The predicted molar refractivity (Wildman–Crippen MR) is 81.7 cm³/mol. The Bertz CT molecular complexity index is 617. The lowest BCUT2D eigenvalue weighted by atomic mass is 10.2. The zero-order valence-corrected chi connectivity index (χ0v) is 12.6. The van der Waals surface area contributed by atoms with Crippen LogP contribution in [0.3, 0.4) is 0 Å². The summed E-state index contributed by atoms with van der Waals surface area (Å²) in [7, 11) is 0. The van der Waals surface area contributed by atoms with Crippen LogP contribution in [0.25, 0.3) is 0 Å². The summed E-state index contributed by atoms with van der Waals surface area (Å²) in [5.41, 5.74) is 2.18. The van der Waals surface area contributed by atoms with Crippen molar-refractivity contribution in [3.8, 4) is 5.75 Å². The van der Waals surface area contributed by atoms with E-state index in [4.69, 9.17) is 4.74 Å². The Hall–Kier alpha value is -1.55. The van der Waals surface area contributed by atoms with E-state index in [0.29, 0.717) is 4.47 Å². The summed E-state index contributed by atoms with van der Waals surface area (Å²) in [5, 5.41) is 0. The van der Waals surface area contributed by atoms with Crippen LogP contribution in [0.4, 0.5) is 10.1 Å². The van der Waals surface area contributed by atoms with Crippen molar-refractivity contribution in [3.63, 3.8) is 0 Å². The van der Waals surface area contributed by atoms with Crippen LogP contribution in [0, 0.1) is 5.82 Å². The molecule has 0 saturated heterocycles. The number of benzene rings is 2. The van der Waals surface area contributed by atoms with Gasteiger partial charge in [-0.2, -0.15) is 0 Å². The van der Waals surface area contributed by atoms with Crippen LogP contribution in [0.1, 0.15) is 12.0 Å². The van der Waals surface area contributed by atoms with Crippen LogP contribution in [-0.2, 0) is 6.54 Å². The second-order valence-corrected chi connectivity index (χ2v) is 5.69. The van der Waals surface area contributed by atoms with Crippen molar-refractivity contribution < 1.29 is 9.13 Å². The third-order valence-corrected chi connectivity index (χ3v) is 4.00. The van der Waals surface area contributed by atoms with Crippen LogP contribution in [-0.4, -0.2) is 13.2 Å². The third-order valence-electron chi connectivity index (χ3n) is 3.39. The Balaban J connectivity index is 1.88. The first-order chi connectivity index (χ1) is 9.74. The lowest BCUT2D eigenvalue weighted by molar-refractivity contribution is 0.322. The lowest BCUT2D eigenvalue weighted by Crippen LogP contribution is -2.23. The second-order valence-electron chi connectivity index (χ2n) is 4.84. The Morgan fingerprint density at radius 1 is 1.20 bits per heavy atom. The molecule has 1 heterocycles. The van der Waals surface area contributed by atoms with Crippen LogP contribution in [0.2, 0.25) is 0 Å². The Morgan fingerprint density at radius 2 is 2.05 bits per heavy atom. The van der Waals surface area contributed by atoms with Gasteiger partial charge in [-0.1, -0.05) is 18.2 Å². The third kappa shape index (κ3) is 2.80. The van der Waals surface area contributed by atoms with Gasteiger partial charge < -0.3 is 9.64 Å². The largest absolute Gasteiger partial charge is 0.491 e. The van der Waals surface area contributed by atoms with E-state index in [0.717, 1.165) is 43.1 Å². The topological polar surface area (TPSA) is 12.5 Å². The summed E-state index contributed by atoms with van der Waals surface area (Å²) in [5.74, 6) is 0.694. The van der Waals surface area contributed by atoms with Crippen molar-refractivity contribution in [3.05, 3.63) is 58.3 Å². The van der Waals surface area contributed by atoms with Gasteiger partial charge in [0.1, 0.15) is 11.6 Å². The highest BCUT2D eigenvalue weighted by Crippen LogP contribution is 2.31. The Kier molecular flexibility index (Phi) is 3.92. The van der Waals surface area contributed by atoms with E-state index in [-0.39, 0.29) is 5.82 Å². The van der Waals surface area contributed by atoms with E-state index in [1.54, 1.807) is 0 Å². The normalized spacial score (nSPS) is 14.4. The molecule has 0 fully saturated rings. The highest BCUT2D eigenvalue weighted by molar-refractivity contribution is 9.10. The zero-order chi connectivity index (χ0) is 13.9. The fourth-order valence-corrected chi connectivity index (χ4v) is 2.85. The minimum Gasteiger partial charge on any atom is -0.491 e. The van der Waals surface area contributed by atoms with Gasteiger partial charge in [0.05, 0.1) is 16.8 Å². The lowest BCUT2D eigenvalue weighted by Gasteiger charge is -2.24. The highest BCUT2D eigenvalue weighted by Gasteiger charge is 2.16. The molecule has 4 heteroatoms. The van der Waals surface area contributed by atoms with Crippen LogP contribution >= 0.6 is 15.9 Å². The summed E-state index contributed by atoms with van der Waals surface area (Å²) >= 11 is 3.24. The molecule has 0 saturated carbocycles. The molecule has 2 nitrogen and oxygen atoms in total. The SMILES string of the molecule is Fc1ccc(CN2CCCOc3ccccc32)cc1Br. The van der Waals surface area contributed by atoms with Crippen molar-refractivity contribution in [1.82, 2.24) is 0 Å². The molecule has 0 unspecified atom stereocenters. The summed E-state index contributed by atoms with van der Waals surface area (Å²) < 4.78 is 19.6. The van der Waals surface area contributed by atoms with Crippen LogP contribution in [0.5, 0.6) is 5.75 Å². The Labute approximate surface area is 126 Å². The van der Waals surface area contributed by atoms with Gasteiger partial charge in [-0.05, 0) is 52.2 Å². The van der Waals surface area contributed by atoms with Gasteiger partial charge in [0.2, 0.25) is 0 Å². The summed E-state index contributed by atoms with van der Waals surface area (Å²) in [6, 6.07) is 13.2. The fraction of sp³-hybridized carbons (Fsp3) is 0.250. The first kappa shape index (κ1) is 13.4. The Morgan fingerprint density at radius 3 is 2.90 bits per heavy atom. The molecule has 3 rings (SSSR count). The van der Waals surface area contributed by atoms with E-state index in [1.807, 2.05) is 30.3 Å². The number of ether oxygens (including phenoxy) is 1. The quantitative estimate of drug-likeness (QED) is 0.807. The smallest absolute Gasteiger partial charge is 0.142 e. The van der Waals surface area contributed by atoms with Crippen molar-refractivity contribution >= 4 is 21.6 Å². The van der Waals surface area contributed by atoms with E-state index in [1.165, 1.54) is 6.07 Å². The van der Waals surface area contributed by atoms with Gasteiger partial charge in [0.25, 0.3) is 0 Å². The number of para-hydroxylation sites is 2. The minimum absolute atomic E-state index is 0.228. The van der Waals surface area contributed by atoms with Gasteiger partial charge in [-0.15, -0.1) is 0 Å².